The third-order valence-corrected chi connectivity index (χ3v) is 4.32. The number of amides is 1. The molecule has 0 radical (unpaired) electrons. The third kappa shape index (κ3) is 4.64. The van der Waals surface area contributed by atoms with Crippen molar-refractivity contribution in [3.8, 4) is 16.9 Å². The van der Waals surface area contributed by atoms with E-state index >= 15 is 0 Å². The van der Waals surface area contributed by atoms with Crippen LogP contribution in [0.1, 0.15) is 15.9 Å². The van der Waals surface area contributed by atoms with Gasteiger partial charge < -0.3 is 10.1 Å². The Labute approximate surface area is 152 Å². The van der Waals surface area contributed by atoms with Crippen LogP contribution in [0.25, 0.3) is 11.1 Å². The first kappa shape index (κ1) is 18.0. The molecular formula is C19H14F3NO2S. The standard InChI is InChI=1S/C19H14F3NO2S/c20-19(21,22)25-16-7-5-13(6-8-16)18(24)23-11-14-3-1-2-4-17(14)15-9-10-26-12-15/h1-10,12H,11H2,(H,23,24). The Balaban J connectivity index is 1.66. The minimum absolute atomic E-state index is 0.257. The second-order valence-corrected chi connectivity index (χ2v) is 6.20. The van der Waals surface area contributed by atoms with E-state index in [9.17, 15) is 18.0 Å². The number of halogens is 3. The van der Waals surface area contributed by atoms with E-state index < -0.39 is 6.36 Å². The van der Waals surface area contributed by atoms with Crippen LogP contribution in [0.4, 0.5) is 13.2 Å². The van der Waals surface area contributed by atoms with E-state index in [1.165, 1.54) is 12.1 Å². The highest BCUT2D eigenvalue weighted by atomic mass is 32.1. The number of ether oxygens (including phenoxy) is 1. The van der Waals surface area contributed by atoms with Gasteiger partial charge in [0.25, 0.3) is 5.91 Å². The average Bonchev–Trinajstić information content (AvgIpc) is 3.13. The number of rotatable bonds is 5. The van der Waals surface area contributed by atoms with Crippen molar-refractivity contribution in [2.75, 3.05) is 0 Å². The van der Waals surface area contributed by atoms with E-state index in [4.69, 9.17) is 0 Å². The molecule has 0 aliphatic rings. The van der Waals surface area contributed by atoms with Crippen LogP contribution >= 0.6 is 11.3 Å². The van der Waals surface area contributed by atoms with E-state index in [0.717, 1.165) is 28.8 Å². The van der Waals surface area contributed by atoms with Gasteiger partial charge in [0.2, 0.25) is 0 Å². The molecule has 0 spiro atoms. The van der Waals surface area contributed by atoms with Crippen molar-refractivity contribution in [1.82, 2.24) is 5.32 Å². The Bertz CT molecular complexity index is 875. The van der Waals surface area contributed by atoms with Crippen LogP contribution in [0.2, 0.25) is 0 Å². The van der Waals surface area contributed by atoms with Crippen LogP contribution in [-0.4, -0.2) is 12.3 Å². The third-order valence-electron chi connectivity index (χ3n) is 3.64. The molecule has 3 nitrogen and oxygen atoms in total. The number of carbonyl (C=O) groups is 1. The molecule has 0 unspecified atom stereocenters. The SMILES string of the molecule is O=C(NCc1ccccc1-c1ccsc1)c1ccc(OC(F)(F)F)cc1. The number of carbonyl (C=O) groups excluding carboxylic acids is 1. The second kappa shape index (κ2) is 7.61. The molecule has 0 aliphatic heterocycles. The Morgan fingerprint density at radius 1 is 1.04 bits per heavy atom. The largest absolute Gasteiger partial charge is 0.573 e. The Morgan fingerprint density at radius 2 is 1.77 bits per heavy atom. The van der Waals surface area contributed by atoms with Crippen molar-refractivity contribution in [2.24, 2.45) is 0 Å². The molecule has 0 saturated heterocycles. The van der Waals surface area contributed by atoms with Crippen LogP contribution in [0, 0.1) is 0 Å². The summed E-state index contributed by atoms with van der Waals surface area (Å²) in [5.41, 5.74) is 3.32. The summed E-state index contributed by atoms with van der Waals surface area (Å²) < 4.78 is 40.3. The fourth-order valence-electron chi connectivity index (χ4n) is 2.46. The molecule has 7 heteroatoms. The van der Waals surface area contributed by atoms with E-state index in [0.29, 0.717) is 6.54 Å². The highest BCUT2D eigenvalue weighted by molar-refractivity contribution is 7.08. The summed E-state index contributed by atoms with van der Waals surface area (Å²) in [5.74, 6) is -0.736. The predicted molar refractivity (Wildman–Crippen MR) is 94.1 cm³/mol. The maximum Gasteiger partial charge on any atom is 0.573 e. The van der Waals surface area contributed by atoms with Crippen LogP contribution in [-0.2, 0) is 6.54 Å². The zero-order valence-corrected chi connectivity index (χ0v) is 14.2. The van der Waals surface area contributed by atoms with Gasteiger partial charge in [0.1, 0.15) is 5.75 Å². The normalized spacial score (nSPS) is 11.2. The summed E-state index contributed by atoms with van der Waals surface area (Å²) in [7, 11) is 0. The van der Waals surface area contributed by atoms with Crippen LogP contribution in [0.15, 0.2) is 65.4 Å². The molecule has 1 amide bonds. The average molecular weight is 377 g/mol. The summed E-state index contributed by atoms with van der Waals surface area (Å²) in [6.45, 7) is 0.311. The van der Waals surface area contributed by atoms with Crippen molar-refractivity contribution < 1.29 is 22.7 Å². The molecule has 134 valence electrons. The first-order valence-corrected chi connectivity index (χ1v) is 8.61. The monoisotopic (exact) mass is 377 g/mol. The topological polar surface area (TPSA) is 38.3 Å². The number of hydrogen-bond donors (Lipinski definition) is 1. The molecule has 0 aliphatic carbocycles. The second-order valence-electron chi connectivity index (χ2n) is 5.42. The number of thiophene rings is 1. The molecule has 3 aromatic rings. The van der Waals surface area contributed by atoms with Gasteiger partial charge in [-0.3, -0.25) is 4.79 Å². The summed E-state index contributed by atoms with van der Waals surface area (Å²) in [4.78, 5) is 12.2. The van der Waals surface area contributed by atoms with Crippen molar-refractivity contribution in [3.63, 3.8) is 0 Å². The van der Waals surface area contributed by atoms with Gasteiger partial charge in [-0.05, 0) is 57.8 Å². The zero-order chi connectivity index (χ0) is 18.6. The molecule has 0 saturated carbocycles. The zero-order valence-electron chi connectivity index (χ0n) is 13.4. The lowest BCUT2D eigenvalue weighted by molar-refractivity contribution is -0.274. The summed E-state index contributed by atoms with van der Waals surface area (Å²) in [6, 6.07) is 14.5. The lowest BCUT2D eigenvalue weighted by Crippen LogP contribution is -2.23. The summed E-state index contributed by atoms with van der Waals surface area (Å²) >= 11 is 1.59. The van der Waals surface area contributed by atoms with Gasteiger partial charge in [-0.2, -0.15) is 11.3 Å². The smallest absolute Gasteiger partial charge is 0.406 e. The molecule has 3 rings (SSSR count). The minimum atomic E-state index is -4.75. The van der Waals surface area contributed by atoms with Gasteiger partial charge in [-0.25, -0.2) is 0 Å². The van der Waals surface area contributed by atoms with Crippen molar-refractivity contribution >= 4 is 17.2 Å². The fraction of sp³-hybridized carbons (Fsp3) is 0.105. The van der Waals surface area contributed by atoms with E-state index in [1.807, 2.05) is 41.1 Å². The lowest BCUT2D eigenvalue weighted by Gasteiger charge is -2.11. The van der Waals surface area contributed by atoms with Gasteiger partial charge in [0, 0.05) is 12.1 Å². The fourth-order valence-corrected chi connectivity index (χ4v) is 3.12. The van der Waals surface area contributed by atoms with Crippen LogP contribution < -0.4 is 10.1 Å². The molecule has 0 fully saturated rings. The van der Waals surface area contributed by atoms with Gasteiger partial charge in [-0.15, -0.1) is 13.2 Å². The minimum Gasteiger partial charge on any atom is -0.406 e. The Morgan fingerprint density at radius 3 is 2.42 bits per heavy atom. The van der Waals surface area contributed by atoms with Crippen LogP contribution in [0.5, 0.6) is 5.75 Å². The van der Waals surface area contributed by atoms with Crippen molar-refractivity contribution in [2.45, 2.75) is 12.9 Å². The molecule has 0 bridgehead atoms. The number of benzene rings is 2. The molecule has 2 aromatic carbocycles. The summed E-state index contributed by atoms with van der Waals surface area (Å²) in [5, 5.41) is 6.80. The predicted octanol–water partition coefficient (Wildman–Crippen LogP) is 5.24. The Hall–Kier alpha value is -2.80. The van der Waals surface area contributed by atoms with Crippen molar-refractivity contribution in [1.29, 1.82) is 0 Å². The molecule has 1 heterocycles. The number of hydrogen-bond acceptors (Lipinski definition) is 3. The maximum absolute atomic E-state index is 12.2. The van der Waals surface area contributed by atoms with Crippen LogP contribution in [0.3, 0.4) is 0 Å². The molecule has 0 atom stereocenters. The van der Waals surface area contributed by atoms with Gasteiger partial charge >= 0.3 is 6.36 Å². The van der Waals surface area contributed by atoms with E-state index in [1.54, 1.807) is 11.3 Å². The molecular weight excluding hydrogens is 363 g/mol. The van der Waals surface area contributed by atoms with Gasteiger partial charge in [0.05, 0.1) is 0 Å². The molecule has 26 heavy (non-hydrogen) atoms. The van der Waals surface area contributed by atoms with Gasteiger partial charge in [-0.1, -0.05) is 24.3 Å². The quantitative estimate of drug-likeness (QED) is 0.660. The molecule has 1 N–H and O–H groups in total. The summed E-state index contributed by atoms with van der Waals surface area (Å²) in [6.07, 6.45) is -4.75. The van der Waals surface area contributed by atoms with Gasteiger partial charge in [0.15, 0.2) is 0 Å². The Kier molecular flexibility index (Phi) is 5.27. The highest BCUT2D eigenvalue weighted by Crippen LogP contribution is 2.26. The van der Waals surface area contributed by atoms with E-state index in [-0.39, 0.29) is 17.2 Å². The lowest BCUT2D eigenvalue weighted by atomic mass is 10.0. The maximum atomic E-state index is 12.2. The van der Waals surface area contributed by atoms with E-state index in [2.05, 4.69) is 10.1 Å². The number of alkyl halides is 3. The first-order chi connectivity index (χ1) is 12.4. The first-order valence-electron chi connectivity index (χ1n) is 7.67. The van der Waals surface area contributed by atoms with Crippen molar-refractivity contribution in [3.05, 3.63) is 76.5 Å². The highest BCUT2D eigenvalue weighted by Gasteiger charge is 2.31. The molecule has 1 aromatic heterocycles. The number of nitrogens with one attached hydrogen (secondary N) is 1.